The summed E-state index contributed by atoms with van der Waals surface area (Å²) in [4.78, 5) is 22.7. The van der Waals surface area contributed by atoms with Crippen LogP contribution in [0.1, 0.15) is 11.1 Å². The highest BCUT2D eigenvalue weighted by Gasteiger charge is 2.09. The maximum absolute atomic E-state index is 12.0. The smallest absolute Gasteiger partial charge is 0.336 e. The summed E-state index contributed by atoms with van der Waals surface area (Å²) in [6.45, 7) is 0.253. The van der Waals surface area contributed by atoms with Crippen LogP contribution in [0.15, 0.2) is 53.0 Å². The average Bonchev–Trinajstić information content (AvgIpc) is 2.60. The van der Waals surface area contributed by atoms with Gasteiger partial charge in [-0.1, -0.05) is 34.1 Å². The third kappa shape index (κ3) is 5.96. The molecule has 25 heavy (non-hydrogen) atoms. The molecule has 0 heterocycles. The monoisotopic (exact) mass is 404 g/mol. The maximum atomic E-state index is 12.0. The molecule has 0 spiro atoms. The predicted molar refractivity (Wildman–Crippen MR) is 98.2 cm³/mol. The molecule has 0 saturated heterocycles. The Labute approximate surface area is 153 Å². The summed E-state index contributed by atoms with van der Waals surface area (Å²) in [5, 5.41) is 2.48. The molecule has 6 nitrogen and oxygen atoms in total. The van der Waals surface area contributed by atoms with Crippen LogP contribution in [0.25, 0.3) is 6.08 Å². The van der Waals surface area contributed by atoms with Crippen molar-refractivity contribution in [3.05, 3.63) is 64.1 Å². The Bertz CT molecular complexity index is 788. The Morgan fingerprint density at radius 3 is 2.52 bits per heavy atom. The van der Waals surface area contributed by atoms with E-state index in [9.17, 15) is 9.59 Å². The molecule has 0 fully saturated rings. The lowest BCUT2D eigenvalue weighted by Gasteiger charge is -2.10. The minimum atomic E-state index is -0.618. The van der Waals surface area contributed by atoms with Gasteiger partial charge in [-0.15, -0.1) is 0 Å². The van der Waals surface area contributed by atoms with Crippen LogP contribution in [0.5, 0.6) is 11.5 Å². The molecule has 130 valence electrons. The molecule has 0 aliphatic heterocycles. The normalized spacial score (nSPS) is 10.5. The molecule has 3 N–H and O–H groups in total. The van der Waals surface area contributed by atoms with E-state index in [-0.39, 0.29) is 12.3 Å². The summed E-state index contributed by atoms with van der Waals surface area (Å²) in [5.41, 5.74) is 6.67. The fourth-order valence-corrected chi connectivity index (χ4v) is 2.24. The minimum absolute atomic E-state index is 0.253. The topological polar surface area (TPSA) is 90.7 Å². The van der Waals surface area contributed by atoms with Crippen molar-refractivity contribution in [3.63, 3.8) is 0 Å². The number of amides is 2. The molecule has 0 aromatic heterocycles. The zero-order valence-corrected chi connectivity index (χ0v) is 15.1. The molecule has 0 bridgehead atoms. The Kier molecular flexibility index (Phi) is 6.59. The maximum Gasteiger partial charge on any atom is 0.336 e. The molecule has 0 radical (unpaired) electrons. The van der Waals surface area contributed by atoms with Crippen molar-refractivity contribution >= 4 is 34.0 Å². The summed E-state index contributed by atoms with van der Waals surface area (Å²) < 4.78 is 11.5. The summed E-state index contributed by atoms with van der Waals surface area (Å²) in [5.74, 6) is 0.147. The molecular weight excluding hydrogens is 388 g/mol. The Balaban J connectivity index is 2.04. The lowest BCUT2D eigenvalue weighted by atomic mass is 10.2. The van der Waals surface area contributed by atoms with E-state index in [1.165, 1.54) is 13.2 Å². The van der Waals surface area contributed by atoms with Crippen molar-refractivity contribution in [2.24, 2.45) is 5.73 Å². The van der Waals surface area contributed by atoms with Crippen LogP contribution >= 0.6 is 15.9 Å². The Morgan fingerprint density at radius 1 is 1.16 bits per heavy atom. The van der Waals surface area contributed by atoms with E-state index < -0.39 is 12.0 Å². The fraction of sp³-hybridized carbons (Fsp3) is 0.111. The summed E-state index contributed by atoms with van der Waals surface area (Å²) in [7, 11) is 1.47. The highest BCUT2D eigenvalue weighted by Crippen LogP contribution is 2.28. The highest BCUT2D eigenvalue weighted by atomic mass is 79.9. The molecular formula is C18H17BrN2O4. The Hall–Kier alpha value is -2.80. The molecule has 7 heteroatoms. The number of methoxy groups -OCH3 is 1. The fourth-order valence-electron chi connectivity index (χ4n) is 1.98. The van der Waals surface area contributed by atoms with E-state index in [2.05, 4.69) is 21.2 Å². The molecule has 0 saturated carbocycles. The van der Waals surface area contributed by atoms with Crippen molar-refractivity contribution in [1.82, 2.24) is 5.32 Å². The summed E-state index contributed by atoms with van der Waals surface area (Å²) in [6, 6.07) is 11.9. The molecule has 0 aliphatic rings. The van der Waals surface area contributed by atoms with Crippen LogP contribution in [-0.2, 0) is 11.3 Å². The molecule has 0 unspecified atom stereocenters. The van der Waals surface area contributed by atoms with Gasteiger partial charge in [0.25, 0.3) is 0 Å². The first kappa shape index (κ1) is 18.5. The number of benzene rings is 2. The van der Waals surface area contributed by atoms with Gasteiger partial charge in [-0.05, 0) is 41.5 Å². The van der Waals surface area contributed by atoms with E-state index >= 15 is 0 Å². The van der Waals surface area contributed by atoms with Crippen LogP contribution in [0.4, 0.5) is 4.79 Å². The second-order valence-electron chi connectivity index (χ2n) is 5.01. The van der Waals surface area contributed by atoms with E-state index in [0.29, 0.717) is 5.75 Å². The van der Waals surface area contributed by atoms with E-state index in [1.807, 2.05) is 24.3 Å². The van der Waals surface area contributed by atoms with E-state index in [0.717, 1.165) is 15.6 Å². The first-order valence-corrected chi connectivity index (χ1v) is 8.13. The second kappa shape index (κ2) is 8.89. The van der Waals surface area contributed by atoms with Crippen molar-refractivity contribution in [2.75, 3.05) is 7.11 Å². The molecule has 2 rings (SSSR count). The van der Waals surface area contributed by atoms with Gasteiger partial charge in [-0.25, -0.2) is 9.59 Å². The van der Waals surface area contributed by atoms with Gasteiger partial charge in [0, 0.05) is 17.1 Å². The predicted octanol–water partition coefficient (Wildman–Crippen LogP) is 3.24. The number of carbonyl (C=O) groups excluding carboxylic acids is 2. The number of carbonyl (C=O) groups is 2. The minimum Gasteiger partial charge on any atom is -0.493 e. The van der Waals surface area contributed by atoms with E-state index in [4.69, 9.17) is 15.2 Å². The second-order valence-corrected chi connectivity index (χ2v) is 5.92. The summed E-state index contributed by atoms with van der Waals surface area (Å²) >= 11 is 3.35. The lowest BCUT2D eigenvalue weighted by molar-refractivity contribution is -0.129. The number of urea groups is 1. The van der Waals surface area contributed by atoms with Crippen molar-refractivity contribution in [3.8, 4) is 11.5 Å². The van der Waals surface area contributed by atoms with Crippen LogP contribution < -0.4 is 20.5 Å². The largest absolute Gasteiger partial charge is 0.493 e. The first-order valence-electron chi connectivity index (χ1n) is 7.33. The number of rotatable bonds is 6. The van der Waals surface area contributed by atoms with Gasteiger partial charge in [-0.3, -0.25) is 0 Å². The van der Waals surface area contributed by atoms with Gasteiger partial charge < -0.3 is 20.5 Å². The Morgan fingerprint density at radius 2 is 1.88 bits per heavy atom. The van der Waals surface area contributed by atoms with Gasteiger partial charge in [-0.2, -0.15) is 0 Å². The van der Waals surface area contributed by atoms with Crippen molar-refractivity contribution in [1.29, 1.82) is 0 Å². The van der Waals surface area contributed by atoms with Crippen molar-refractivity contribution in [2.45, 2.75) is 6.54 Å². The number of halogens is 1. The van der Waals surface area contributed by atoms with Crippen LogP contribution in [0.2, 0.25) is 0 Å². The van der Waals surface area contributed by atoms with E-state index in [1.54, 1.807) is 24.3 Å². The number of nitrogens with one attached hydrogen (secondary N) is 1. The molecule has 2 aromatic carbocycles. The van der Waals surface area contributed by atoms with Crippen LogP contribution in [-0.4, -0.2) is 19.1 Å². The van der Waals surface area contributed by atoms with Crippen LogP contribution in [0.3, 0.4) is 0 Å². The van der Waals surface area contributed by atoms with Crippen LogP contribution in [0, 0.1) is 0 Å². The first-order chi connectivity index (χ1) is 12.0. The van der Waals surface area contributed by atoms with Gasteiger partial charge >= 0.3 is 12.0 Å². The molecule has 2 amide bonds. The average molecular weight is 405 g/mol. The highest BCUT2D eigenvalue weighted by molar-refractivity contribution is 9.10. The number of nitrogens with two attached hydrogens (primary N) is 1. The number of primary amides is 1. The molecule has 0 aliphatic carbocycles. The molecule has 2 aromatic rings. The quantitative estimate of drug-likeness (QED) is 0.439. The van der Waals surface area contributed by atoms with Crippen molar-refractivity contribution < 1.29 is 19.1 Å². The lowest BCUT2D eigenvalue weighted by Crippen LogP contribution is -2.28. The van der Waals surface area contributed by atoms with Gasteiger partial charge in [0.2, 0.25) is 0 Å². The molecule has 0 atom stereocenters. The van der Waals surface area contributed by atoms with Gasteiger partial charge in [0.1, 0.15) is 0 Å². The SMILES string of the molecule is COc1cc(CNC(N)=O)ccc1OC(=O)/C=C/c1ccc(Br)cc1. The zero-order valence-electron chi connectivity index (χ0n) is 13.5. The number of hydrogen-bond acceptors (Lipinski definition) is 4. The number of hydrogen-bond donors (Lipinski definition) is 2. The third-order valence-corrected chi connectivity index (χ3v) is 3.72. The standard InChI is InChI=1S/C18H17BrN2O4/c1-24-16-10-13(11-21-18(20)23)4-8-15(16)25-17(22)9-5-12-2-6-14(19)7-3-12/h2-10H,11H2,1H3,(H3,20,21,23)/b9-5+. The van der Waals surface area contributed by atoms with Gasteiger partial charge in [0.05, 0.1) is 7.11 Å². The summed E-state index contributed by atoms with van der Waals surface area (Å²) in [6.07, 6.45) is 3.00. The number of esters is 1. The third-order valence-electron chi connectivity index (χ3n) is 3.19. The zero-order chi connectivity index (χ0) is 18.2. The number of ether oxygens (including phenoxy) is 2. The van der Waals surface area contributed by atoms with Gasteiger partial charge in [0.15, 0.2) is 11.5 Å².